The first-order chi connectivity index (χ1) is 24.4. The highest BCUT2D eigenvalue weighted by Gasteiger charge is 2.40. The van der Waals surface area contributed by atoms with E-state index in [1.165, 1.54) is 28.0 Å². The van der Waals surface area contributed by atoms with E-state index in [2.05, 4.69) is 10.3 Å². The Kier molecular flexibility index (Phi) is 11.3. The van der Waals surface area contributed by atoms with Crippen LogP contribution in [0.4, 0.5) is 31.0 Å². The largest absolute Gasteiger partial charge is 0.443 e. The maximum absolute atomic E-state index is 14.7. The Balaban J connectivity index is 1.28. The van der Waals surface area contributed by atoms with Gasteiger partial charge in [-0.2, -0.15) is 4.90 Å². The van der Waals surface area contributed by atoms with Gasteiger partial charge in [0.15, 0.2) is 12.2 Å². The summed E-state index contributed by atoms with van der Waals surface area (Å²) in [6, 6.07) is 8.45. The molecule has 2 saturated heterocycles. The van der Waals surface area contributed by atoms with Crippen molar-refractivity contribution in [3.63, 3.8) is 0 Å². The normalized spacial score (nSPS) is 18.5. The van der Waals surface area contributed by atoms with Gasteiger partial charge in [-0.3, -0.25) is 14.4 Å². The van der Waals surface area contributed by atoms with Crippen molar-refractivity contribution in [2.45, 2.75) is 77.8 Å². The number of carbonyl (C=O) groups excluding carboxylic acids is 5. The highest BCUT2D eigenvalue weighted by molar-refractivity contribution is 6.10. The molecule has 5 rings (SSSR count). The second-order valence-corrected chi connectivity index (χ2v) is 14.5. The van der Waals surface area contributed by atoms with E-state index in [4.69, 9.17) is 18.9 Å². The number of benzene rings is 2. The Morgan fingerprint density at radius 1 is 0.942 bits per heavy atom. The lowest BCUT2D eigenvalue weighted by Crippen LogP contribution is -2.55. The van der Waals surface area contributed by atoms with Gasteiger partial charge in [0.25, 0.3) is 17.7 Å². The summed E-state index contributed by atoms with van der Waals surface area (Å²) in [7, 11) is 0. The summed E-state index contributed by atoms with van der Waals surface area (Å²) < 4.78 is 36.4. The molecule has 0 saturated carbocycles. The van der Waals surface area contributed by atoms with Crippen LogP contribution < -0.4 is 10.2 Å². The number of nitrogens with one attached hydrogen (secondary N) is 1. The molecule has 2 aromatic rings. The number of halogens is 1. The summed E-state index contributed by atoms with van der Waals surface area (Å²) in [4.78, 5) is 73.9. The van der Waals surface area contributed by atoms with Crippen LogP contribution in [0.25, 0.3) is 0 Å². The van der Waals surface area contributed by atoms with E-state index in [0.717, 1.165) is 11.0 Å². The van der Waals surface area contributed by atoms with Crippen molar-refractivity contribution in [1.82, 2.24) is 9.80 Å². The summed E-state index contributed by atoms with van der Waals surface area (Å²) in [6.07, 6.45) is -4.86. The smallest absolute Gasteiger partial charge is 0.425 e. The van der Waals surface area contributed by atoms with Crippen LogP contribution in [0, 0.1) is 5.82 Å². The molecule has 2 N–H and O–H groups in total. The fraction of sp³-hybridized carbons (Fsp3) is 0.500. The third-order valence-corrected chi connectivity index (χ3v) is 8.09. The standard InChI is InChI=1S/C36H44FN5O10/c1-35(2,3)51-33(47)42(34(48)52-36(4,5)6)27-12-7-21-19-22(8-11-26(21)39-27)38-30(44)28(43)29-32(46)41(15-18-50-29)23-9-10-25(37)24(20-23)31(45)40-13-16-49-17-14-40/h8-11,19-20,28-29,43H,7,12-18H2,1-6H3,(H,38,44)/t28-,29-/m1/s1. The Morgan fingerprint density at radius 3 is 2.23 bits per heavy atom. The lowest BCUT2D eigenvalue weighted by molar-refractivity contribution is -0.150. The number of nitrogens with zero attached hydrogens (tertiary/aromatic N) is 4. The lowest BCUT2D eigenvalue weighted by Gasteiger charge is -2.34. The summed E-state index contributed by atoms with van der Waals surface area (Å²) in [5, 5.41) is 13.6. The van der Waals surface area contributed by atoms with E-state index in [1.54, 1.807) is 53.7 Å². The number of aliphatic hydroxyl groups excluding tert-OH is 1. The first-order valence-electron chi connectivity index (χ1n) is 17.0. The summed E-state index contributed by atoms with van der Waals surface area (Å²) >= 11 is 0. The average molecular weight is 726 g/mol. The van der Waals surface area contributed by atoms with E-state index >= 15 is 0 Å². The van der Waals surface area contributed by atoms with Gasteiger partial charge in [0.05, 0.1) is 31.1 Å². The Labute approximate surface area is 300 Å². The molecule has 0 aromatic heterocycles. The summed E-state index contributed by atoms with van der Waals surface area (Å²) in [5.41, 5.74) is -0.357. The number of morpholine rings is 2. The maximum Gasteiger partial charge on any atom is 0.425 e. The molecule has 15 nitrogen and oxygen atoms in total. The summed E-state index contributed by atoms with van der Waals surface area (Å²) in [6.45, 7) is 11.3. The topological polar surface area (TPSA) is 177 Å². The van der Waals surface area contributed by atoms with Crippen molar-refractivity contribution in [3.05, 3.63) is 53.3 Å². The Hall–Kier alpha value is -4.93. The molecule has 52 heavy (non-hydrogen) atoms. The van der Waals surface area contributed by atoms with Gasteiger partial charge in [-0.05, 0) is 89.9 Å². The van der Waals surface area contributed by atoms with Gasteiger partial charge in [-0.25, -0.2) is 19.0 Å². The molecule has 3 aliphatic rings. The van der Waals surface area contributed by atoms with Crippen LogP contribution >= 0.6 is 0 Å². The zero-order valence-corrected chi connectivity index (χ0v) is 30.1. The molecule has 0 radical (unpaired) electrons. The highest BCUT2D eigenvalue weighted by Crippen LogP contribution is 2.31. The number of rotatable bonds is 5. The first kappa shape index (κ1) is 38.3. The van der Waals surface area contributed by atoms with Crippen LogP contribution in [0.2, 0.25) is 0 Å². The van der Waals surface area contributed by atoms with Gasteiger partial charge in [-0.15, -0.1) is 0 Å². The number of ether oxygens (including phenoxy) is 4. The van der Waals surface area contributed by atoms with E-state index in [0.29, 0.717) is 49.7 Å². The molecule has 16 heteroatoms. The average Bonchev–Trinajstić information content (AvgIpc) is 3.07. The van der Waals surface area contributed by atoms with E-state index < -0.39 is 59.1 Å². The molecule has 2 fully saturated rings. The lowest BCUT2D eigenvalue weighted by atomic mass is 10.0. The fourth-order valence-electron chi connectivity index (χ4n) is 5.70. The number of amidine groups is 1. The van der Waals surface area contributed by atoms with Gasteiger partial charge < -0.3 is 39.2 Å². The van der Waals surface area contributed by atoms with E-state index in [9.17, 15) is 33.5 Å². The minimum absolute atomic E-state index is 0.0341. The third kappa shape index (κ3) is 9.10. The molecule has 5 amide bonds. The number of hydrogen-bond acceptors (Lipinski definition) is 11. The minimum atomic E-state index is -1.91. The molecule has 0 unspecified atom stereocenters. The van der Waals surface area contributed by atoms with Crippen LogP contribution in [-0.2, 0) is 35.0 Å². The van der Waals surface area contributed by atoms with Crippen LogP contribution in [0.5, 0.6) is 0 Å². The molecule has 2 atom stereocenters. The maximum atomic E-state index is 14.7. The number of aryl methyl sites for hydroxylation is 1. The van der Waals surface area contributed by atoms with E-state index in [-0.39, 0.29) is 36.7 Å². The SMILES string of the molecule is CC(C)(C)OC(=O)N(C(=O)OC(C)(C)C)C1=Nc2ccc(NC(=O)[C@H](O)[C@H]3OCCN(c4ccc(F)c(C(=O)N5CCOCC5)c4)C3=O)cc2CC1. The number of imide groups is 1. The minimum Gasteiger partial charge on any atom is -0.443 e. The van der Waals surface area contributed by atoms with Crippen LogP contribution in [0.15, 0.2) is 41.4 Å². The first-order valence-corrected chi connectivity index (χ1v) is 17.0. The number of anilines is 2. The number of carbonyl (C=O) groups is 5. The fourth-order valence-corrected chi connectivity index (χ4v) is 5.70. The molecule has 0 bridgehead atoms. The molecule has 3 heterocycles. The van der Waals surface area contributed by atoms with Crippen molar-refractivity contribution in [3.8, 4) is 0 Å². The van der Waals surface area contributed by atoms with Crippen molar-refractivity contribution >= 4 is 52.8 Å². The molecule has 280 valence electrons. The van der Waals surface area contributed by atoms with E-state index in [1.807, 2.05) is 0 Å². The van der Waals surface area contributed by atoms with Crippen molar-refractivity contribution in [1.29, 1.82) is 0 Å². The van der Waals surface area contributed by atoms with Crippen molar-refractivity contribution in [2.24, 2.45) is 4.99 Å². The second-order valence-electron chi connectivity index (χ2n) is 14.5. The molecule has 0 aliphatic carbocycles. The number of fused-ring (bicyclic) bond motifs is 1. The molecule has 0 spiro atoms. The van der Waals surface area contributed by atoms with Gasteiger partial charge in [0, 0.05) is 37.4 Å². The predicted molar refractivity (Wildman–Crippen MR) is 186 cm³/mol. The van der Waals surface area contributed by atoms with Crippen LogP contribution in [-0.4, -0.2) is 114 Å². The zero-order chi connectivity index (χ0) is 38.0. The highest BCUT2D eigenvalue weighted by atomic mass is 19.1. The molecule has 2 aromatic carbocycles. The number of aliphatic hydroxyl groups is 1. The van der Waals surface area contributed by atoms with Gasteiger partial charge in [0.1, 0.15) is 22.9 Å². The summed E-state index contributed by atoms with van der Waals surface area (Å²) in [5.74, 6) is -2.80. The van der Waals surface area contributed by atoms with Crippen LogP contribution in [0.1, 0.15) is 63.9 Å². The molecular formula is C36H44FN5O10. The Morgan fingerprint density at radius 2 is 1.60 bits per heavy atom. The van der Waals surface area contributed by atoms with Gasteiger partial charge >= 0.3 is 12.2 Å². The zero-order valence-electron chi connectivity index (χ0n) is 30.1. The Bertz CT molecular complexity index is 1730. The van der Waals surface area contributed by atoms with Crippen molar-refractivity contribution in [2.75, 3.05) is 49.7 Å². The van der Waals surface area contributed by atoms with Crippen molar-refractivity contribution < 1.29 is 52.4 Å². The monoisotopic (exact) mass is 725 g/mol. The number of amides is 5. The van der Waals surface area contributed by atoms with Gasteiger partial charge in [0.2, 0.25) is 0 Å². The number of aliphatic imine (C=N–C) groups is 1. The second kappa shape index (κ2) is 15.4. The predicted octanol–water partition coefficient (Wildman–Crippen LogP) is 4.18. The van der Waals surface area contributed by atoms with Crippen LogP contribution in [0.3, 0.4) is 0 Å². The molecule has 3 aliphatic heterocycles. The number of hydrogen-bond donors (Lipinski definition) is 2. The third-order valence-electron chi connectivity index (χ3n) is 8.09. The van der Waals surface area contributed by atoms with Gasteiger partial charge in [-0.1, -0.05) is 0 Å². The molecular weight excluding hydrogens is 681 g/mol. The quantitative estimate of drug-likeness (QED) is 0.455.